The molecule has 0 unspecified atom stereocenters. The molecule has 4 heteroatoms. The third kappa shape index (κ3) is 3.42. The quantitative estimate of drug-likeness (QED) is 0.715. The van der Waals surface area contributed by atoms with Crippen LogP contribution in [0.5, 0.6) is 0 Å². The molecular formula is C20H26N4. The zero-order valence-corrected chi connectivity index (χ0v) is 15.0. The molecular weight excluding hydrogens is 296 g/mol. The Morgan fingerprint density at radius 1 is 1.12 bits per heavy atom. The summed E-state index contributed by atoms with van der Waals surface area (Å²) in [4.78, 5) is 13.0. The van der Waals surface area contributed by atoms with Gasteiger partial charge in [0.2, 0.25) is 0 Å². The van der Waals surface area contributed by atoms with Gasteiger partial charge < -0.3 is 9.55 Å². The van der Waals surface area contributed by atoms with Crippen molar-refractivity contribution >= 4 is 0 Å². The van der Waals surface area contributed by atoms with Gasteiger partial charge in [-0.2, -0.15) is 0 Å². The van der Waals surface area contributed by atoms with Gasteiger partial charge in [-0.15, -0.1) is 0 Å². The van der Waals surface area contributed by atoms with Crippen LogP contribution >= 0.6 is 0 Å². The summed E-state index contributed by atoms with van der Waals surface area (Å²) in [6.45, 7) is 9.72. The average molecular weight is 322 g/mol. The van der Waals surface area contributed by atoms with Gasteiger partial charge in [0.25, 0.3) is 0 Å². The lowest BCUT2D eigenvalue weighted by atomic mass is 9.96. The minimum atomic E-state index is -0.0352. The molecule has 0 amide bonds. The topological polar surface area (TPSA) is 46.5 Å². The van der Waals surface area contributed by atoms with Crippen molar-refractivity contribution in [3.8, 4) is 22.6 Å². The van der Waals surface area contributed by atoms with Crippen molar-refractivity contribution in [2.45, 2.75) is 52.5 Å². The number of rotatable bonds is 5. The summed E-state index contributed by atoms with van der Waals surface area (Å²) < 4.78 is 2.16. The molecule has 0 saturated heterocycles. The van der Waals surface area contributed by atoms with E-state index >= 15 is 0 Å². The first-order chi connectivity index (χ1) is 11.5. The number of hydrogen-bond donors (Lipinski definition) is 1. The standard InChI is InChI=1S/C20H26N4/c1-5-6-12-24-13-16(21-14-24)18-17(15-10-8-7-9-11-15)22-19(23-18)20(2,3)4/h7-11,13-14H,5-6,12H2,1-4H3,(H,22,23). The Morgan fingerprint density at radius 3 is 2.54 bits per heavy atom. The predicted molar refractivity (Wildman–Crippen MR) is 98.9 cm³/mol. The van der Waals surface area contributed by atoms with Gasteiger partial charge in [-0.25, -0.2) is 9.97 Å². The van der Waals surface area contributed by atoms with Gasteiger partial charge in [-0.1, -0.05) is 64.4 Å². The van der Waals surface area contributed by atoms with Crippen LogP contribution in [0.4, 0.5) is 0 Å². The third-order valence-electron chi connectivity index (χ3n) is 4.12. The lowest BCUT2D eigenvalue weighted by Gasteiger charge is -2.14. The summed E-state index contributed by atoms with van der Waals surface area (Å²) in [5.74, 6) is 0.986. The van der Waals surface area contributed by atoms with Crippen LogP contribution in [0.2, 0.25) is 0 Å². The summed E-state index contributed by atoms with van der Waals surface area (Å²) in [7, 11) is 0. The number of unbranched alkanes of at least 4 members (excludes halogenated alkanes) is 1. The number of aryl methyl sites for hydroxylation is 1. The number of hydrogen-bond acceptors (Lipinski definition) is 2. The lowest BCUT2D eigenvalue weighted by Crippen LogP contribution is -2.13. The van der Waals surface area contributed by atoms with E-state index in [2.05, 4.69) is 60.6 Å². The molecule has 1 aromatic carbocycles. The SMILES string of the molecule is CCCCn1cnc(-c2[nH]c(C(C)(C)C)nc2-c2ccccc2)c1. The number of aromatic amines is 1. The van der Waals surface area contributed by atoms with E-state index < -0.39 is 0 Å². The molecule has 0 radical (unpaired) electrons. The number of imidazole rings is 2. The number of benzene rings is 1. The fourth-order valence-corrected chi connectivity index (χ4v) is 2.67. The van der Waals surface area contributed by atoms with E-state index in [0.29, 0.717) is 0 Å². The van der Waals surface area contributed by atoms with E-state index in [-0.39, 0.29) is 5.41 Å². The highest BCUT2D eigenvalue weighted by molar-refractivity contribution is 5.76. The summed E-state index contributed by atoms with van der Waals surface area (Å²) in [5.41, 5.74) is 4.00. The molecule has 0 saturated carbocycles. The molecule has 126 valence electrons. The highest BCUT2D eigenvalue weighted by Gasteiger charge is 2.23. The van der Waals surface area contributed by atoms with Gasteiger partial charge in [-0.05, 0) is 6.42 Å². The van der Waals surface area contributed by atoms with E-state index in [0.717, 1.165) is 41.4 Å². The fraction of sp³-hybridized carbons (Fsp3) is 0.400. The Morgan fingerprint density at radius 2 is 1.88 bits per heavy atom. The van der Waals surface area contributed by atoms with Gasteiger partial charge in [0.05, 0.1) is 17.7 Å². The normalized spacial score (nSPS) is 11.8. The molecule has 0 fully saturated rings. The highest BCUT2D eigenvalue weighted by atomic mass is 15.1. The maximum Gasteiger partial charge on any atom is 0.112 e. The van der Waals surface area contributed by atoms with E-state index in [1.54, 1.807) is 0 Å². The van der Waals surface area contributed by atoms with Gasteiger partial charge in [0, 0.05) is 23.7 Å². The zero-order chi connectivity index (χ0) is 17.2. The second-order valence-corrected chi connectivity index (χ2v) is 7.28. The van der Waals surface area contributed by atoms with Gasteiger partial charge in [0.1, 0.15) is 11.5 Å². The summed E-state index contributed by atoms with van der Waals surface area (Å²) in [5, 5.41) is 0. The first-order valence-corrected chi connectivity index (χ1v) is 8.67. The number of nitrogens with zero attached hydrogens (tertiary/aromatic N) is 3. The average Bonchev–Trinajstić information content (AvgIpc) is 3.20. The Balaban J connectivity index is 2.05. The number of aromatic nitrogens is 4. The van der Waals surface area contributed by atoms with Crippen LogP contribution in [-0.4, -0.2) is 19.5 Å². The van der Waals surface area contributed by atoms with Gasteiger partial charge in [0.15, 0.2) is 0 Å². The van der Waals surface area contributed by atoms with Crippen LogP contribution < -0.4 is 0 Å². The lowest BCUT2D eigenvalue weighted by molar-refractivity contribution is 0.553. The van der Waals surface area contributed by atoms with Gasteiger partial charge in [-0.3, -0.25) is 0 Å². The van der Waals surface area contributed by atoms with E-state index in [1.165, 1.54) is 6.42 Å². The van der Waals surface area contributed by atoms with Crippen molar-refractivity contribution in [1.29, 1.82) is 0 Å². The van der Waals surface area contributed by atoms with E-state index in [9.17, 15) is 0 Å². The fourth-order valence-electron chi connectivity index (χ4n) is 2.67. The highest BCUT2D eigenvalue weighted by Crippen LogP contribution is 2.32. The van der Waals surface area contributed by atoms with Crippen molar-refractivity contribution in [2.75, 3.05) is 0 Å². The van der Waals surface area contributed by atoms with E-state index in [4.69, 9.17) is 4.98 Å². The summed E-state index contributed by atoms with van der Waals surface area (Å²) in [6, 6.07) is 10.3. The second-order valence-electron chi connectivity index (χ2n) is 7.28. The van der Waals surface area contributed by atoms with Crippen LogP contribution in [0, 0.1) is 0 Å². The Labute approximate surface area is 144 Å². The van der Waals surface area contributed by atoms with Crippen LogP contribution in [0.15, 0.2) is 42.9 Å². The minimum absolute atomic E-state index is 0.0352. The number of H-pyrrole nitrogens is 1. The van der Waals surface area contributed by atoms with Crippen LogP contribution in [0.25, 0.3) is 22.6 Å². The molecule has 2 aromatic heterocycles. The first-order valence-electron chi connectivity index (χ1n) is 8.67. The zero-order valence-electron chi connectivity index (χ0n) is 15.0. The van der Waals surface area contributed by atoms with Crippen molar-refractivity contribution in [1.82, 2.24) is 19.5 Å². The predicted octanol–water partition coefficient (Wildman–Crippen LogP) is 5.04. The third-order valence-corrected chi connectivity index (χ3v) is 4.12. The monoisotopic (exact) mass is 322 g/mol. The van der Waals surface area contributed by atoms with Crippen LogP contribution in [-0.2, 0) is 12.0 Å². The van der Waals surface area contributed by atoms with Crippen LogP contribution in [0.1, 0.15) is 46.4 Å². The molecule has 4 nitrogen and oxygen atoms in total. The molecule has 1 N–H and O–H groups in total. The molecule has 0 aliphatic heterocycles. The maximum absolute atomic E-state index is 4.89. The van der Waals surface area contributed by atoms with Crippen molar-refractivity contribution in [3.05, 3.63) is 48.7 Å². The molecule has 0 bridgehead atoms. The molecule has 0 aliphatic carbocycles. The molecule has 2 heterocycles. The summed E-state index contributed by atoms with van der Waals surface area (Å²) >= 11 is 0. The summed E-state index contributed by atoms with van der Waals surface area (Å²) in [6.07, 6.45) is 6.37. The largest absolute Gasteiger partial charge is 0.340 e. The van der Waals surface area contributed by atoms with Crippen LogP contribution in [0.3, 0.4) is 0 Å². The Bertz CT molecular complexity index is 791. The van der Waals surface area contributed by atoms with Crippen molar-refractivity contribution < 1.29 is 0 Å². The second kappa shape index (κ2) is 6.63. The smallest absolute Gasteiger partial charge is 0.112 e. The molecule has 0 aliphatic rings. The van der Waals surface area contributed by atoms with E-state index in [1.807, 2.05) is 24.5 Å². The maximum atomic E-state index is 4.89. The van der Waals surface area contributed by atoms with Crippen molar-refractivity contribution in [2.24, 2.45) is 0 Å². The molecule has 24 heavy (non-hydrogen) atoms. The Kier molecular flexibility index (Phi) is 4.56. The molecule has 3 aromatic rings. The molecule has 3 rings (SSSR count). The minimum Gasteiger partial charge on any atom is -0.340 e. The van der Waals surface area contributed by atoms with Crippen molar-refractivity contribution in [3.63, 3.8) is 0 Å². The molecule has 0 spiro atoms. The number of nitrogens with one attached hydrogen (secondary N) is 1. The Hall–Kier alpha value is -2.36. The molecule has 0 atom stereocenters. The van der Waals surface area contributed by atoms with Gasteiger partial charge >= 0.3 is 0 Å². The first kappa shape index (κ1) is 16.5.